The Hall–Kier alpha value is -1.83. The second-order valence-electron chi connectivity index (χ2n) is 3.99. The van der Waals surface area contributed by atoms with Crippen LogP contribution in [0.2, 0.25) is 0 Å². The second-order valence-corrected chi connectivity index (χ2v) is 3.99. The van der Waals surface area contributed by atoms with Gasteiger partial charge in [0.15, 0.2) is 0 Å². The summed E-state index contributed by atoms with van der Waals surface area (Å²) < 4.78 is 5.30. The van der Waals surface area contributed by atoms with Crippen molar-refractivity contribution in [2.45, 2.75) is 13.8 Å². The molecule has 0 fully saturated rings. The van der Waals surface area contributed by atoms with E-state index in [2.05, 4.69) is 31.0 Å². The zero-order chi connectivity index (χ0) is 11.5. The van der Waals surface area contributed by atoms with Gasteiger partial charge in [0, 0.05) is 5.39 Å². The smallest absolute Gasteiger partial charge is 0.145 e. The molecule has 1 heterocycles. The summed E-state index contributed by atoms with van der Waals surface area (Å²) in [5, 5.41) is 1.10. The minimum Gasteiger partial charge on any atom is -0.494 e. The molecular weight excluding hydrogens is 198 g/mol. The van der Waals surface area contributed by atoms with Crippen LogP contribution < -0.4 is 4.74 Å². The number of nitrogens with zero attached hydrogens (tertiary/aromatic N) is 1. The first-order valence-corrected chi connectivity index (χ1v) is 5.29. The fourth-order valence-corrected chi connectivity index (χ4v) is 1.68. The molecule has 2 aromatic rings. The zero-order valence-corrected chi connectivity index (χ0v) is 9.82. The number of fused-ring (bicyclic) bond motifs is 1. The summed E-state index contributed by atoms with van der Waals surface area (Å²) in [5.74, 6) is 0.821. The van der Waals surface area contributed by atoms with E-state index in [0.29, 0.717) is 0 Å². The third kappa shape index (κ3) is 2.06. The van der Waals surface area contributed by atoms with Gasteiger partial charge in [-0.3, -0.25) is 0 Å². The lowest BCUT2D eigenvalue weighted by atomic mass is 10.1. The molecule has 2 heteroatoms. The first-order chi connectivity index (χ1) is 7.70. The van der Waals surface area contributed by atoms with Crippen molar-refractivity contribution in [3.05, 3.63) is 41.6 Å². The van der Waals surface area contributed by atoms with Gasteiger partial charge in [0.25, 0.3) is 0 Å². The summed E-state index contributed by atoms with van der Waals surface area (Å²) in [5.41, 5.74) is 3.12. The zero-order valence-electron chi connectivity index (χ0n) is 9.82. The largest absolute Gasteiger partial charge is 0.494 e. The van der Waals surface area contributed by atoms with E-state index in [1.54, 1.807) is 7.11 Å². The van der Waals surface area contributed by atoms with Gasteiger partial charge in [0.1, 0.15) is 11.3 Å². The van der Waals surface area contributed by atoms with Crippen LogP contribution in [0.15, 0.2) is 35.9 Å². The van der Waals surface area contributed by atoms with E-state index >= 15 is 0 Å². The van der Waals surface area contributed by atoms with Gasteiger partial charge in [-0.05, 0) is 32.1 Å². The summed E-state index contributed by atoms with van der Waals surface area (Å²) in [4.78, 5) is 4.58. The highest BCUT2D eigenvalue weighted by Gasteiger charge is 2.02. The van der Waals surface area contributed by atoms with Crippen molar-refractivity contribution in [1.82, 2.24) is 4.98 Å². The molecule has 0 atom stereocenters. The van der Waals surface area contributed by atoms with Crippen molar-refractivity contribution in [2.24, 2.45) is 0 Å². The average molecular weight is 213 g/mol. The number of benzene rings is 1. The fourth-order valence-electron chi connectivity index (χ4n) is 1.68. The molecule has 1 aromatic carbocycles. The van der Waals surface area contributed by atoms with Crippen LogP contribution in [0.25, 0.3) is 17.0 Å². The van der Waals surface area contributed by atoms with E-state index in [1.807, 2.05) is 24.3 Å². The summed E-state index contributed by atoms with van der Waals surface area (Å²) in [6.07, 6.45) is 2.06. The van der Waals surface area contributed by atoms with Gasteiger partial charge in [0.2, 0.25) is 0 Å². The maximum atomic E-state index is 5.30. The Bertz CT molecular complexity index is 539. The van der Waals surface area contributed by atoms with Crippen LogP contribution in [0.4, 0.5) is 0 Å². The quantitative estimate of drug-likeness (QED) is 0.759. The van der Waals surface area contributed by atoms with Crippen molar-refractivity contribution in [3.8, 4) is 5.75 Å². The summed E-state index contributed by atoms with van der Waals surface area (Å²) in [6, 6.07) is 10.0. The second kappa shape index (κ2) is 4.35. The number of hydrogen-bond acceptors (Lipinski definition) is 2. The molecule has 0 saturated carbocycles. The maximum Gasteiger partial charge on any atom is 0.145 e. The molecule has 2 nitrogen and oxygen atoms in total. The highest BCUT2D eigenvalue weighted by Crippen LogP contribution is 2.23. The topological polar surface area (TPSA) is 22.1 Å². The number of methoxy groups -OCH3 is 1. The van der Waals surface area contributed by atoms with E-state index in [0.717, 1.165) is 22.3 Å². The van der Waals surface area contributed by atoms with E-state index in [4.69, 9.17) is 4.74 Å². The molecule has 0 aliphatic rings. The lowest BCUT2D eigenvalue weighted by Crippen LogP contribution is -1.89. The van der Waals surface area contributed by atoms with Crippen LogP contribution in [0.3, 0.4) is 0 Å². The maximum absolute atomic E-state index is 5.30. The Morgan fingerprint density at radius 1 is 1.19 bits per heavy atom. The molecule has 1 aromatic heterocycles. The number of para-hydroxylation sites is 1. The number of allylic oxidation sites excluding steroid dienone is 1. The van der Waals surface area contributed by atoms with Crippen LogP contribution in [-0.2, 0) is 0 Å². The van der Waals surface area contributed by atoms with E-state index in [-0.39, 0.29) is 0 Å². The first kappa shape index (κ1) is 10.7. The van der Waals surface area contributed by atoms with Crippen molar-refractivity contribution in [2.75, 3.05) is 7.11 Å². The number of pyridine rings is 1. The van der Waals surface area contributed by atoms with Gasteiger partial charge >= 0.3 is 0 Å². The molecule has 0 unspecified atom stereocenters. The summed E-state index contributed by atoms with van der Waals surface area (Å²) in [6.45, 7) is 4.13. The van der Waals surface area contributed by atoms with Gasteiger partial charge in [-0.2, -0.15) is 0 Å². The molecule has 0 spiro atoms. The van der Waals surface area contributed by atoms with E-state index in [1.165, 1.54) is 5.57 Å². The predicted octanol–water partition coefficient (Wildman–Crippen LogP) is 3.67. The highest BCUT2D eigenvalue weighted by atomic mass is 16.5. The Morgan fingerprint density at radius 3 is 2.69 bits per heavy atom. The Labute approximate surface area is 95.6 Å². The van der Waals surface area contributed by atoms with Crippen LogP contribution in [-0.4, -0.2) is 12.1 Å². The van der Waals surface area contributed by atoms with Crippen molar-refractivity contribution in [3.63, 3.8) is 0 Å². The molecule has 0 N–H and O–H groups in total. The van der Waals surface area contributed by atoms with Crippen LogP contribution in [0.5, 0.6) is 5.75 Å². The molecule has 0 radical (unpaired) electrons. The summed E-state index contributed by atoms with van der Waals surface area (Å²) >= 11 is 0. The number of aromatic nitrogens is 1. The third-order valence-electron chi connectivity index (χ3n) is 2.36. The number of rotatable bonds is 2. The minimum atomic E-state index is 0.821. The molecular formula is C14H15NO. The van der Waals surface area contributed by atoms with Gasteiger partial charge < -0.3 is 4.74 Å². The molecule has 0 amide bonds. The van der Waals surface area contributed by atoms with Crippen molar-refractivity contribution in [1.29, 1.82) is 0 Å². The summed E-state index contributed by atoms with van der Waals surface area (Å²) in [7, 11) is 1.67. The fraction of sp³-hybridized carbons (Fsp3) is 0.214. The van der Waals surface area contributed by atoms with Crippen molar-refractivity contribution < 1.29 is 4.74 Å². The molecule has 0 aliphatic heterocycles. The average Bonchev–Trinajstić information content (AvgIpc) is 2.27. The minimum absolute atomic E-state index is 0.821. The van der Waals surface area contributed by atoms with Crippen LogP contribution in [0, 0.1) is 0 Å². The molecule has 0 aliphatic carbocycles. The monoisotopic (exact) mass is 213 g/mol. The Morgan fingerprint density at radius 2 is 2.00 bits per heavy atom. The van der Waals surface area contributed by atoms with Gasteiger partial charge in [-0.15, -0.1) is 0 Å². The molecule has 0 saturated heterocycles. The molecule has 16 heavy (non-hydrogen) atoms. The number of hydrogen-bond donors (Lipinski definition) is 0. The predicted molar refractivity (Wildman–Crippen MR) is 67.6 cm³/mol. The molecule has 2 rings (SSSR count). The standard InChI is InChI=1S/C14H15NO/c1-10(2)9-12-8-7-11-5-4-6-13(16-3)14(11)15-12/h4-9H,1-3H3. The van der Waals surface area contributed by atoms with Crippen molar-refractivity contribution >= 4 is 17.0 Å². The normalized spacial score (nSPS) is 10.2. The first-order valence-electron chi connectivity index (χ1n) is 5.29. The Balaban J connectivity index is 2.63. The molecule has 82 valence electrons. The van der Waals surface area contributed by atoms with Gasteiger partial charge in [0.05, 0.1) is 12.8 Å². The SMILES string of the molecule is COc1cccc2ccc(C=C(C)C)nc12. The van der Waals surface area contributed by atoms with E-state index < -0.39 is 0 Å². The lowest BCUT2D eigenvalue weighted by Gasteiger charge is -2.05. The van der Waals surface area contributed by atoms with Gasteiger partial charge in [-0.1, -0.05) is 23.8 Å². The van der Waals surface area contributed by atoms with Gasteiger partial charge in [-0.25, -0.2) is 4.98 Å². The lowest BCUT2D eigenvalue weighted by molar-refractivity contribution is 0.419. The third-order valence-corrected chi connectivity index (χ3v) is 2.36. The Kier molecular flexibility index (Phi) is 2.91. The van der Waals surface area contributed by atoms with Crippen LogP contribution >= 0.6 is 0 Å². The highest BCUT2D eigenvalue weighted by molar-refractivity contribution is 5.85. The van der Waals surface area contributed by atoms with Crippen LogP contribution in [0.1, 0.15) is 19.5 Å². The number of ether oxygens (including phenoxy) is 1. The molecule has 0 bridgehead atoms. The van der Waals surface area contributed by atoms with E-state index in [9.17, 15) is 0 Å².